The minimum absolute atomic E-state index is 0.772. The molecule has 0 bridgehead atoms. The number of nitrogens with one attached hydrogen (secondary N) is 1. The van der Waals surface area contributed by atoms with Gasteiger partial charge in [-0.25, -0.2) is 0 Å². The van der Waals surface area contributed by atoms with Crippen molar-refractivity contribution in [3.05, 3.63) is 17.0 Å². The van der Waals surface area contributed by atoms with Crippen LogP contribution >= 0.6 is 0 Å². The molecule has 0 aliphatic heterocycles. The average Bonchev–Trinajstić information content (AvgIpc) is 2.70. The number of hydrogen-bond donors (Lipinski definition) is 1. The van der Waals surface area contributed by atoms with Crippen LogP contribution in [0.15, 0.2) is 0 Å². The Labute approximate surface area is 123 Å². The van der Waals surface area contributed by atoms with Crippen molar-refractivity contribution >= 4 is 0 Å². The first-order valence-corrected chi connectivity index (χ1v) is 7.93. The third-order valence-corrected chi connectivity index (χ3v) is 3.79. The summed E-state index contributed by atoms with van der Waals surface area (Å²) in [6.45, 7) is 10.3. The molecule has 1 aromatic rings. The van der Waals surface area contributed by atoms with Crippen LogP contribution in [0, 0.1) is 13.8 Å². The number of unbranched alkanes of at least 4 members (excludes halogenated alkanes) is 3. The first-order chi connectivity index (χ1) is 9.70. The van der Waals surface area contributed by atoms with Crippen LogP contribution in [0.5, 0.6) is 0 Å². The van der Waals surface area contributed by atoms with Crippen molar-refractivity contribution in [1.82, 2.24) is 15.1 Å². The molecular formula is C16H31N3O. The first-order valence-electron chi connectivity index (χ1n) is 7.93. The Morgan fingerprint density at radius 1 is 1.15 bits per heavy atom. The average molecular weight is 281 g/mol. The molecule has 0 amide bonds. The van der Waals surface area contributed by atoms with E-state index in [1.54, 1.807) is 7.11 Å². The highest BCUT2D eigenvalue weighted by Crippen LogP contribution is 2.14. The Balaban J connectivity index is 2.40. The second-order valence-electron chi connectivity index (χ2n) is 5.43. The van der Waals surface area contributed by atoms with Crippen LogP contribution < -0.4 is 5.32 Å². The van der Waals surface area contributed by atoms with E-state index in [1.165, 1.54) is 42.6 Å². The quantitative estimate of drug-likeness (QED) is 0.634. The summed E-state index contributed by atoms with van der Waals surface area (Å²) < 4.78 is 7.22. The van der Waals surface area contributed by atoms with E-state index in [0.717, 1.165) is 32.7 Å². The van der Waals surface area contributed by atoms with E-state index in [2.05, 4.69) is 35.9 Å². The molecule has 0 radical (unpaired) electrons. The largest absolute Gasteiger partial charge is 0.383 e. The maximum Gasteiger partial charge on any atom is 0.0628 e. The zero-order valence-electron chi connectivity index (χ0n) is 13.7. The van der Waals surface area contributed by atoms with Crippen LogP contribution in [0.25, 0.3) is 0 Å². The summed E-state index contributed by atoms with van der Waals surface area (Å²) in [5.41, 5.74) is 3.93. The standard InChI is InChI=1S/C16H31N3O/c1-5-6-7-8-12-19-15(3)16(14(2)18-19)9-10-17-11-13-20-4/h17H,5-13H2,1-4H3. The Morgan fingerprint density at radius 2 is 1.95 bits per heavy atom. The number of hydrogen-bond acceptors (Lipinski definition) is 3. The molecule has 1 aromatic heterocycles. The van der Waals surface area contributed by atoms with Gasteiger partial charge in [0.2, 0.25) is 0 Å². The van der Waals surface area contributed by atoms with Gasteiger partial charge in [-0.05, 0) is 38.8 Å². The van der Waals surface area contributed by atoms with E-state index in [-0.39, 0.29) is 0 Å². The highest BCUT2D eigenvalue weighted by molar-refractivity contribution is 5.24. The summed E-state index contributed by atoms with van der Waals surface area (Å²) in [5.74, 6) is 0. The first kappa shape index (κ1) is 17.2. The molecule has 0 aromatic carbocycles. The molecule has 1 N–H and O–H groups in total. The van der Waals surface area contributed by atoms with Crippen LogP contribution in [0.4, 0.5) is 0 Å². The molecule has 4 heteroatoms. The molecule has 116 valence electrons. The van der Waals surface area contributed by atoms with Gasteiger partial charge in [0.05, 0.1) is 12.3 Å². The van der Waals surface area contributed by atoms with Crippen LogP contribution in [0.3, 0.4) is 0 Å². The monoisotopic (exact) mass is 281 g/mol. The number of aryl methyl sites for hydroxylation is 2. The second-order valence-corrected chi connectivity index (χ2v) is 5.43. The molecule has 1 heterocycles. The summed E-state index contributed by atoms with van der Waals surface area (Å²) in [4.78, 5) is 0. The second kappa shape index (κ2) is 9.94. The zero-order chi connectivity index (χ0) is 14.8. The fraction of sp³-hybridized carbons (Fsp3) is 0.812. The van der Waals surface area contributed by atoms with Gasteiger partial charge in [-0.1, -0.05) is 26.2 Å². The molecule has 0 fully saturated rings. The van der Waals surface area contributed by atoms with E-state index in [4.69, 9.17) is 4.74 Å². The molecule has 4 nitrogen and oxygen atoms in total. The van der Waals surface area contributed by atoms with Gasteiger partial charge in [0.15, 0.2) is 0 Å². The Morgan fingerprint density at radius 3 is 2.65 bits per heavy atom. The molecule has 0 saturated carbocycles. The summed E-state index contributed by atoms with van der Waals surface area (Å²) in [5, 5.41) is 8.08. The molecule has 0 saturated heterocycles. The molecule has 0 aliphatic rings. The summed E-state index contributed by atoms with van der Waals surface area (Å²) >= 11 is 0. The van der Waals surface area contributed by atoms with Gasteiger partial charge in [0.1, 0.15) is 0 Å². The van der Waals surface area contributed by atoms with Crippen LogP contribution in [0.1, 0.15) is 49.6 Å². The highest BCUT2D eigenvalue weighted by atomic mass is 16.5. The topological polar surface area (TPSA) is 39.1 Å². The Hall–Kier alpha value is -0.870. The Bertz CT molecular complexity index is 374. The van der Waals surface area contributed by atoms with Gasteiger partial charge in [-0.15, -0.1) is 0 Å². The molecule has 1 rings (SSSR count). The van der Waals surface area contributed by atoms with Crippen LogP contribution in [0.2, 0.25) is 0 Å². The van der Waals surface area contributed by atoms with Crippen molar-refractivity contribution in [2.45, 2.75) is 59.4 Å². The maximum absolute atomic E-state index is 5.03. The molecule has 0 atom stereocenters. The van der Waals surface area contributed by atoms with Crippen LogP contribution in [-0.2, 0) is 17.7 Å². The fourth-order valence-electron chi connectivity index (χ4n) is 2.51. The molecule has 0 aliphatic carbocycles. The van der Waals surface area contributed by atoms with Gasteiger partial charge in [-0.2, -0.15) is 5.10 Å². The third-order valence-electron chi connectivity index (χ3n) is 3.79. The fourth-order valence-corrected chi connectivity index (χ4v) is 2.51. The minimum Gasteiger partial charge on any atom is -0.383 e. The normalized spacial score (nSPS) is 11.2. The van der Waals surface area contributed by atoms with E-state index in [9.17, 15) is 0 Å². The van der Waals surface area contributed by atoms with Gasteiger partial charge >= 0.3 is 0 Å². The highest BCUT2D eigenvalue weighted by Gasteiger charge is 2.10. The number of rotatable bonds is 11. The molecule has 20 heavy (non-hydrogen) atoms. The summed E-state index contributed by atoms with van der Waals surface area (Å²) in [6, 6.07) is 0. The SMILES string of the molecule is CCCCCCn1nc(C)c(CCNCCOC)c1C. The van der Waals surface area contributed by atoms with Crippen molar-refractivity contribution in [3.8, 4) is 0 Å². The summed E-state index contributed by atoms with van der Waals surface area (Å²) in [6.07, 6.45) is 6.21. The van der Waals surface area contributed by atoms with E-state index in [0.29, 0.717) is 0 Å². The maximum atomic E-state index is 5.03. The van der Waals surface area contributed by atoms with Crippen molar-refractivity contribution in [2.24, 2.45) is 0 Å². The lowest BCUT2D eigenvalue weighted by molar-refractivity contribution is 0.199. The lowest BCUT2D eigenvalue weighted by atomic mass is 10.1. The van der Waals surface area contributed by atoms with Gasteiger partial charge in [-0.3, -0.25) is 4.68 Å². The molecular weight excluding hydrogens is 250 g/mol. The van der Waals surface area contributed by atoms with Gasteiger partial charge < -0.3 is 10.1 Å². The van der Waals surface area contributed by atoms with Crippen molar-refractivity contribution < 1.29 is 4.74 Å². The van der Waals surface area contributed by atoms with Crippen LogP contribution in [-0.4, -0.2) is 36.6 Å². The lowest BCUT2D eigenvalue weighted by Crippen LogP contribution is -2.22. The summed E-state index contributed by atoms with van der Waals surface area (Å²) in [7, 11) is 1.73. The molecule has 0 spiro atoms. The van der Waals surface area contributed by atoms with Crippen molar-refractivity contribution in [2.75, 3.05) is 26.8 Å². The number of methoxy groups -OCH3 is 1. The van der Waals surface area contributed by atoms with Gasteiger partial charge in [0, 0.05) is 25.9 Å². The van der Waals surface area contributed by atoms with Crippen molar-refractivity contribution in [1.29, 1.82) is 0 Å². The van der Waals surface area contributed by atoms with Gasteiger partial charge in [0.25, 0.3) is 0 Å². The van der Waals surface area contributed by atoms with E-state index < -0.39 is 0 Å². The van der Waals surface area contributed by atoms with E-state index >= 15 is 0 Å². The van der Waals surface area contributed by atoms with Crippen molar-refractivity contribution in [3.63, 3.8) is 0 Å². The molecule has 0 unspecified atom stereocenters. The predicted molar refractivity (Wildman–Crippen MR) is 84.3 cm³/mol. The predicted octanol–water partition coefficient (Wildman–Crippen LogP) is 2.86. The Kier molecular flexibility index (Phi) is 8.54. The van der Waals surface area contributed by atoms with E-state index in [1.807, 2.05) is 0 Å². The lowest BCUT2D eigenvalue weighted by Gasteiger charge is -2.06. The minimum atomic E-state index is 0.772. The third kappa shape index (κ3) is 5.63. The number of nitrogens with zero attached hydrogens (tertiary/aromatic N) is 2. The number of ether oxygens (including phenoxy) is 1. The zero-order valence-corrected chi connectivity index (χ0v) is 13.7. The number of aromatic nitrogens is 2. The smallest absolute Gasteiger partial charge is 0.0628 e.